The van der Waals surface area contributed by atoms with Crippen LogP contribution in [0.4, 0.5) is 0 Å². The van der Waals surface area contributed by atoms with Crippen molar-refractivity contribution in [1.82, 2.24) is 4.90 Å². The summed E-state index contributed by atoms with van der Waals surface area (Å²) in [7, 11) is 0. The van der Waals surface area contributed by atoms with E-state index in [2.05, 4.69) is 20.8 Å². The number of likely N-dealkylation sites (tertiary alicyclic amines) is 1. The van der Waals surface area contributed by atoms with Crippen molar-refractivity contribution in [2.24, 2.45) is 28.6 Å². The zero-order chi connectivity index (χ0) is 28.0. The summed E-state index contributed by atoms with van der Waals surface area (Å²) in [5, 5.41) is 29.7. The van der Waals surface area contributed by atoms with Crippen LogP contribution >= 0.6 is 0 Å². The molecule has 0 aromatic heterocycles. The average molecular weight is 530 g/mol. The molecule has 0 radical (unpaired) electrons. The van der Waals surface area contributed by atoms with Gasteiger partial charge >= 0.3 is 5.97 Å². The van der Waals surface area contributed by atoms with Gasteiger partial charge in [-0.05, 0) is 67.1 Å². The first kappa shape index (κ1) is 28.4. The standard InChI is InChI=1S/C30H43NO7/c1-17(2)20(16-25(35)24(34)14-18-8-9-22(32)23(33)13-18)27(36)31-12-6-7-21(31)28(37)38-26-15-19-10-11-30(26,5)29(19,3)4/h8-9,13,17,19-21,24,26,32-34H,6-7,10-12,14-16H2,1-5H3/t19?,20-,21-,24+,26?,30?/m0/s1. The normalized spacial score (nSPS) is 29.4. The SMILES string of the molecule is CC(C)[C@H](CC(=O)[C@H](O)Cc1ccc(O)c(O)c1)C(=O)N1CCC[C@H]1C(=O)OC1CC2CCC1(C)C2(C)C. The Labute approximate surface area is 225 Å². The number of Topliss-reactive ketones (excluding diaryl/α,β-unsaturated/α-hetero) is 1. The zero-order valence-corrected chi connectivity index (χ0v) is 23.3. The monoisotopic (exact) mass is 529 g/mol. The molecule has 3 fully saturated rings. The summed E-state index contributed by atoms with van der Waals surface area (Å²) < 4.78 is 6.11. The molecule has 2 saturated carbocycles. The van der Waals surface area contributed by atoms with E-state index in [1.807, 2.05) is 13.8 Å². The molecule has 3 unspecified atom stereocenters. The Balaban J connectivity index is 1.40. The van der Waals surface area contributed by atoms with Gasteiger partial charge in [0.1, 0.15) is 18.2 Å². The number of ether oxygens (including phenoxy) is 1. The summed E-state index contributed by atoms with van der Waals surface area (Å²) >= 11 is 0. The Kier molecular flexibility index (Phi) is 7.86. The van der Waals surface area contributed by atoms with Crippen LogP contribution in [0.5, 0.6) is 11.5 Å². The summed E-state index contributed by atoms with van der Waals surface area (Å²) in [6.07, 6.45) is 2.65. The number of esters is 1. The summed E-state index contributed by atoms with van der Waals surface area (Å²) in [6, 6.07) is 3.48. The number of nitrogens with zero attached hydrogens (tertiary/aromatic N) is 1. The van der Waals surface area contributed by atoms with Crippen LogP contribution in [0.15, 0.2) is 18.2 Å². The van der Waals surface area contributed by atoms with E-state index in [0.29, 0.717) is 30.9 Å². The molecule has 210 valence electrons. The predicted octanol–water partition coefficient (Wildman–Crippen LogP) is 3.98. The third kappa shape index (κ3) is 5.04. The van der Waals surface area contributed by atoms with E-state index in [-0.39, 0.29) is 59.1 Å². The molecule has 1 amide bonds. The van der Waals surface area contributed by atoms with Crippen molar-refractivity contribution in [3.63, 3.8) is 0 Å². The smallest absolute Gasteiger partial charge is 0.329 e. The van der Waals surface area contributed by atoms with Gasteiger partial charge in [0.25, 0.3) is 0 Å². The van der Waals surface area contributed by atoms with Gasteiger partial charge in [-0.3, -0.25) is 9.59 Å². The lowest BCUT2D eigenvalue weighted by Crippen LogP contribution is -2.48. The number of carbonyl (C=O) groups is 3. The highest BCUT2D eigenvalue weighted by Gasteiger charge is 2.63. The first-order valence-corrected chi connectivity index (χ1v) is 14.0. The number of amides is 1. The Morgan fingerprint density at radius 1 is 1.11 bits per heavy atom. The van der Waals surface area contributed by atoms with Crippen molar-refractivity contribution in [3.8, 4) is 11.5 Å². The summed E-state index contributed by atoms with van der Waals surface area (Å²) in [5.74, 6) is -1.96. The fourth-order valence-corrected chi connectivity index (χ4v) is 7.01. The Morgan fingerprint density at radius 2 is 1.82 bits per heavy atom. The van der Waals surface area contributed by atoms with E-state index in [1.54, 1.807) is 4.90 Å². The van der Waals surface area contributed by atoms with Crippen LogP contribution in [0, 0.1) is 28.6 Å². The van der Waals surface area contributed by atoms with Gasteiger partial charge < -0.3 is 25.0 Å². The molecule has 3 aliphatic rings. The third-order valence-electron chi connectivity index (χ3n) is 10.2. The Morgan fingerprint density at radius 3 is 2.39 bits per heavy atom. The molecule has 1 heterocycles. The van der Waals surface area contributed by atoms with E-state index in [1.165, 1.54) is 18.2 Å². The molecule has 2 bridgehead atoms. The molecule has 1 aliphatic heterocycles. The van der Waals surface area contributed by atoms with E-state index in [4.69, 9.17) is 4.74 Å². The van der Waals surface area contributed by atoms with Crippen LogP contribution in [-0.4, -0.2) is 62.7 Å². The quantitative estimate of drug-likeness (QED) is 0.326. The van der Waals surface area contributed by atoms with Crippen LogP contribution in [-0.2, 0) is 25.5 Å². The molecule has 8 nitrogen and oxygen atoms in total. The lowest BCUT2D eigenvalue weighted by Gasteiger charge is -2.39. The molecule has 2 aliphatic carbocycles. The second-order valence-corrected chi connectivity index (χ2v) is 12.8. The fourth-order valence-electron chi connectivity index (χ4n) is 7.01. The van der Waals surface area contributed by atoms with Crippen LogP contribution < -0.4 is 0 Å². The number of hydrogen-bond acceptors (Lipinski definition) is 7. The summed E-state index contributed by atoms with van der Waals surface area (Å²) in [5.41, 5.74) is 0.553. The minimum atomic E-state index is -1.35. The van der Waals surface area contributed by atoms with Gasteiger partial charge in [0, 0.05) is 30.7 Å². The predicted molar refractivity (Wildman–Crippen MR) is 141 cm³/mol. The van der Waals surface area contributed by atoms with Crippen molar-refractivity contribution in [3.05, 3.63) is 23.8 Å². The summed E-state index contributed by atoms with van der Waals surface area (Å²) in [6.45, 7) is 10.9. The van der Waals surface area contributed by atoms with E-state index in [9.17, 15) is 29.7 Å². The second kappa shape index (κ2) is 10.5. The van der Waals surface area contributed by atoms with Gasteiger partial charge in [-0.15, -0.1) is 0 Å². The largest absolute Gasteiger partial charge is 0.504 e. The van der Waals surface area contributed by atoms with Gasteiger partial charge in [-0.25, -0.2) is 4.79 Å². The highest BCUT2D eigenvalue weighted by atomic mass is 16.5. The number of rotatable bonds is 9. The molecule has 38 heavy (non-hydrogen) atoms. The van der Waals surface area contributed by atoms with Crippen molar-refractivity contribution in [2.75, 3.05) is 6.54 Å². The number of carbonyl (C=O) groups excluding carboxylic acids is 3. The molecule has 1 aromatic rings. The lowest BCUT2D eigenvalue weighted by atomic mass is 9.70. The maximum absolute atomic E-state index is 13.7. The minimum Gasteiger partial charge on any atom is -0.504 e. The number of aromatic hydroxyl groups is 2. The van der Waals surface area contributed by atoms with Crippen molar-refractivity contribution < 1.29 is 34.4 Å². The van der Waals surface area contributed by atoms with Gasteiger partial charge in [-0.1, -0.05) is 40.7 Å². The molecule has 1 aromatic carbocycles. The van der Waals surface area contributed by atoms with Crippen molar-refractivity contribution in [1.29, 1.82) is 0 Å². The number of aliphatic hydroxyl groups excluding tert-OH is 1. The zero-order valence-electron chi connectivity index (χ0n) is 23.3. The lowest BCUT2D eigenvalue weighted by molar-refractivity contribution is -0.166. The molecular weight excluding hydrogens is 486 g/mol. The molecular formula is C30H43NO7. The van der Waals surface area contributed by atoms with Crippen LogP contribution in [0.25, 0.3) is 0 Å². The minimum absolute atomic E-state index is 0.0398. The van der Waals surface area contributed by atoms with Gasteiger partial charge in [-0.2, -0.15) is 0 Å². The Bertz CT molecular complexity index is 1080. The van der Waals surface area contributed by atoms with Gasteiger partial charge in [0.15, 0.2) is 17.3 Å². The number of hydrogen-bond donors (Lipinski definition) is 3. The average Bonchev–Trinajstić information content (AvgIpc) is 3.47. The number of aliphatic hydroxyl groups is 1. The van der Waals surface area contributed by atoms with E-state index >= 15 is 0 Å². The number of phenols is 2. The van der Waals surface area contributed by atoms with Crippen molar-refractivity contribution >= 4 is 17.7 Å². The second-order valence-electron chi connectivity index (χ2n) is 12.8. The number of fused-ring (bicyclic) bond motifs is 2. The Hall–Kier alpha value is -2.61. The van der Waals surface area contributed by atoms with E-state index in [0.717, 1.165) is 19.3 Å². The highest BCUT2D eigenvalue weighted by Crippen LogP contribution is 2.66. The maximum atomic E-state index is 13.7. The van der Waals surface area contributed by atoms with Crippen LogP contribution in [0.3, 0.4) is 0 Å². The number of ketones is 1. The summed E-state index contributed by atoms with van der Waals surface area (Å²) in [4.78, 5) is 41.5. The van der Waals surface area contributed by atoms with Gasteiger partial charge in [0.2, 0.25) is 5.91 Å². The molecule has 8 heteroatoms. The van der Waals surface area contributed by atoms with Crippen LogP contribution in [0.1, 0.15) is 78.7 Å². The van der Waals surface area contributed by atoms with Crippen molar-refractivity contribution in [2.45, 2.75) is 97.8 Å². The third-order valence-corrected chi connectivity index (χ3v) is 10.2. The maximum Gasteiger partial charge on any atom is 0.329 e. The van der Waals surface area contributed by atoms with E-state index < -0.39 is 23.8 Å². The first-order chi connectivity index (χ1) is 17.8. The number of phenolic OH excluding ortho intramolecular Hbond substituents is 2. The van der Waals surface area contributed by atoms with Crippen LogP contribution in [0.2, 0.25) is 0 Å². The molecule has 3 N–H and O–H groups in total. The fraction of sp³-hybridized carbons (Fsp3) is 0.700. The number of benzene rings is 1. The molecule has 1 saturated heterocycles. The molecule has 6 atom stereocenters. The first-order valence-electron chi connectivity index (χ1n) is 14.0. The molecule has 0 spiro atoms. The highest BCUT2D eigenvalue weighted by molar-refractivity contribution is 5.91. The van der Waals surface area contributed by atoms with Gasteiger partial charge in [0.05, 0.1) is 0 Å². The topological polar surface area (TPSA) is 124 Å². The molecule has 4 rings (SSSR count).